The summed E-state index contributed by atoms with van der Waals surface area (Å²) in [6, 6.07) is 10.5. The Morgan fingerprint density at radius 2 is 2.08 bits per heavy atom. The van der Waals surface area contributed by atoms with Crippen LogP contribution < -0.4 is 5.32 Å². The largest absolute Gasteiger partial charge is 0.331 e. The van der Waals surface area contributed by atoms with Crippen LogP contribution in [0, 0.1) is 0 Å². The molecule has 2 heterocycles. The molecule has 128 valence electrons. The highest BCUT2D eigenvalue weighted by atomic mass is 32.2. The first-order valence-corrected chi connectivity index (χ1v) is 10.4. The Kier molecular flexibility index (Phi) is 4.91. The summed E-state index contributed by atoms with van der Waals surface area (Å²) < 4.78 is 24.4. The Morgan fingerprint density at radius 1 is 1.29 bits per heavy atom. The van der Waals surface area contributed by atoms with Crippen molar-refractivity contribution in [3.8, 4) is 0 Å². The fourth-order valence-electron chi connectivity index (χ4n) is 2.90. The zero-order chi connectivity index (χ0) is 17.2. The third-order valence-electron chi connectivity index (χ3n) is 4.20. The molecule has 1 aliphatic rings. The molecule has 0 bridgehead atoms. The molecule has 1 atom stereocenters. The summed E-state index contributed by atoms with van der Waals surface area (Å²) in [4.78, 5) is 15.8. The molecule has 2 amide bonds. The second-order valence-electron chi connectivity index (χ2n) is 5.74. The van der Waals surface area contributed by atoms with Crippen molar-refractivity contribution in [2.45, 2.75) is 30.8 Å². The van der Waals surface area contributed by atoms with E-state index < -0.39 is 9.84 Å². The predicted octanol–water partition coefficient (Wildman–Crippen LogP) is 3.20. The van der Waals surface area contributed by atoms with Crippen LogP contribution in [0.3, 0.4) is 0 Å². The lowest BCUT2D eigenvalue weighted by Crippen LogP contribution is -2.42. The number of urea groups is 1. The zero-order valence-corrected chi connectivity index (χ0v) is 15.1. The van der Waals surface area contributed by atoms with Crippen molar-refractivity contribution in [1.29, 1.82) is 0 Å². The molecule has 0 radical (unpaired) electrons. The molecule has 0 fully saturated rings. The maximum Gasteiger partial charge on any atom is 0.318 e. The van der Waals surface area contributed by atoms with Crippen molar-refractivity contribution in [3.63, 3.8) is 0 Å². The molecule has 0 unspecified atom stereocenters. The number of hydrogen-bond donors (Lipinski definition) is 1. The van der Waals surface area contributed by atoms with Crippen molar-refractivity contribution in [2.24, 2.45) is 0 Å². The summed E-state index contributed by atoms with van der Waals surface area (Å²) in [6.45, 7) is 3.09. The highest BCUT2D eigenvalue weighted by Crippen LogP contribution is 2.32. The fourth-order valence-corrected chi connectivity index (χ4v) is 5.24. The van der Waals surface area contributed by atoms with Gasteiger partial charge < -0.3 is 10.2 Å². The van der Waals surface area contributed by atoms with E-state index in [9.17, 15) is 13.2 Å². The van der Waals surface area contributed by atoms with Gasteiger partial charge in [0, 0.05) is 11.4 Å². The van der Waals surface area contributed by atoms with Crippen LogP contribution in [0.1, 0.15) is 29.8 Å². The van der Waals surface area contributed by atoms with Crippen LogP contribution >= 0.6 is 11.3 Å². The standard InChI is InChI=1S/C17H20N2O3S2/c1-2-19(12-13-6-5-10-23-13)17(20)18-15-9-11-24(21,22)16-8-4-3-7-14(15)16/h3-8,10,15H,2,9,11-12H2,1H3,(H,18,20)/t15-/m1/s1. The van der Waals surface area contributed by atoms with E-state index in [0.29, 0.717) is 30.0 Å². The molecule has 1 N–H and O–H groups in total. The second-order valence-corrected chi connectivity index (χ2v) is 8.85. The predicted molar refractivity (Wildman–Crippen MR) is 94.8 cm³/mol. The normalized spacial score (nSPS) is 18.6. The Bertz CT molecular complexity index is 816. The van der Waals surface area contributed by atoms with Crippen LogP contribution in [0.25, 0.3) is 0 Å². The number of sulfone groups is 1. The van der Waals surface area contributed by atoms with Gasteiger partial charge in [-0.3, -0.25) is 0 Å². The molecule has 7 heteroatoms. The topological polar surface area (TPSA) is 66.5 Å². The van der Waals surface area contributed by atoms with Gasteiger partial charge in [-0.15, -0.1) is 11.3 Å². The van der Waals surface area contributed by atoms with E-state index in [0.717, 1.165) is 4.88 Å². The minimum atomic E-state index is -3.24. The summed E-state index contributed by atoms with van der Waals surface area (Å²) in [5, 5.41) is 4.99. The molecule has 0 spiro atoms. The first-order valence-electron chi connectivity index (χ1n) is 7.91. The Hall–Kier alpha value is -1.86. The highest BCUT2D eigenvalue weighted by molar-refractivity contribution is 7.91. The first kappa shape index (κ1) is 17.0. The molecule has 1 aromatic carbocycles. The molecule has 0 aliphatic carbocycles. The van der Waals surface area contributed by atoms with Crippen LogP contribution in [0.2, 0.25) is 0 Å². The van der Waals surface area contributed by atoms with E-state index in [4.69, 9.17) is 0 Å². The molecule has 1 aromatic heterocycles. The van der Waals surface area contributed by atoms with E-state index in [-0.39, 0.29) is 17.8 Å². The lowest BCUT2D eigenvalue weighted by molar-refractivity contribution is 0.193. The quantitative estimate of drug-likeness (QED) is 0.906. The number of nitrogens with one attached hydrogen (secondary N) is 1. The summed E-state index contributed by atoms with van der Waals surface area (Å²) in [6.07, 6.45) is 0.404. The third kappa shape index (κ3) is 3.47. The fraction of sp³-hybridized carbons (Fsp3) is 0.353. The smallest absolute Gasteiger partial charge is 0.318 e. The number of nitrogens with zero attached hydrogens (tertiary/aromatic N) is 1. The van der Waals surface area contributed by atoms with Gasteiger partial charge in [0.15, 0.2) is 9.84 Å². The van der Waals surface area contributed by atoms with Crippen molar-refractivity contribution in [1.82, 2.24) is 10.2 Å². The number of benzene rings is 1. The molecule has 0 saturated heterocycles. The molecular weight excluding hydrogens is 344 g/mol. The average molecular weight is 364 g/mol. The molecule has 5 nitrogen and oxygen atoms in total. The van der Waals surface area contributed by atoms with E-state index >= 15 is 0 Å². The third-order valence-corrected chi connectivity index (χ3v) is 6.87. The lowest BCUT2D eigenvalue weighted by Gasteiger charge is -2.29. The van der Waals surface area contributed by atoms with Crippen LogP contribution in [0.4, 0.5) is 4.79 Å². The van der Waals surface area contributed by atoms with Crippen molar-refractivity contribution in [2.75, 3.05) is 12.3 Å². The number of carbonyl (C=O) groups is 1. The average Bonchev–Trinajstić information content (AvgIpc) is 3.08. The monoisotopic (exact) mass is 364 g/mol. The Morgan fingerprint density at radius 3 is 2.79 bits per heavy atom. The number of rotatable bonds is 4. The van der Waals surface area contributed by atoms with Crippen molar-refractivity contribution in [3.05, 3.63) is 52.2 Å². The molecule has 1 aliphatic heterocycles. The lowest BCUT2D eigenvalue weighted by atomic mass is 10.0. The van der Waals surface area contributed by atoms with Gasteiger partial charge in [-0.1, -0.05) is 24.3 Å². The van der Waals surface area contributed by atoms with Crippen LogP contribution in [-0.4, -0.2) is 31.6 Å². The van der Waals surface area contributed by atoms with Crippen molar-refractivity contribution < 1.29 is 13.2 Å². The Balaban J connectivity index is 1.77. The Labute approximate surface area is 146 Å². The van der Waals surface area contributed by atoms with E-state index in [2.05, 4.69) is 5.32 Å². The van der Waals surface area contributed by atoms with Crippen molar-refractivity contribution >= 4 is 27.2 Å². The summed E-state index contributed by atoms with van der Waals surface area (Å²) in [5.74, 6) is 0.0615. The van der Waals surface area contributed by atoms with E-state index in [1.54, 1.807) is 34.4 Å². The summed E-state index contributed by atoms with van der Waals surface area (Å²) >= 11 is 1.62. The number of carbonyl (C=O) groups excluding carboxylic acids is 1. The van der Waals surface area contributed by atoms with Gasteiger partial charge in [0.1, 0.15) is 0 Å². The second kappa shape index (κ2) is 6.94. The van der Waals surface area contributed by atoms with Gasteiger partial charge in [-0.05, 0) is 36.4 Å². The summed E-state index contributed by atoms with van der Waals surface area (Å²) in [5.41, 5.74) is 0.685. The van der Waals surface area contributed by atoms with Crippen LogP contribution in [0.15, 0.2) is 46.7 Å². The molecule has 0 saturated carbocycles. The number of amides is 2. The minimum absolute atomic E-state index is 0.0615. The van der Waals surface area contributed by atoms with E-state index in [1.165, 1.54) is 0 Å². The van der Waals surface area contributed by atoms with Gasteiger partial charge in [0.25, 0.3) is 0 Å². The minimum Gasteiger partial charge on any atom is -0.331 e. The van der Waals surface area contributed by atoms with Gasteiger partial charge >= 0.3 is 6.03 Å². The number of hydrogen-bond acceptors (Lipinski definition) is 4. The van der Waals surface area contributed by atoms with Gasteiger partial charge in [-0.25, -0.2) is 13.2 Å². The van der Waals surface area contributed by atoms with Crippen LogP contribution in [-0.2, 0) is 16.4 Å². The summed E-state index contributed by atoms with van der Waals surface area (Å²) in [7, 11) is -3.24. The molecular formula is C17H20N2O3S2. The highest BCUT2D eigenvalue weighted by Gasteiger charge is 2.31. The van der Waals surface area contributed by atoms with Gasteiger partial charge in [0.2, 0.25) is 0 Å². The first-order chi connectivity index (χ1) is 11.5. The number of fused-ring (bicyclic) bond motifs is 1. The zero-order valence-electron chi connectivity index (χ0n) is 13.4. The van der Waals surface area contributed by atoms with Gasteiger partial charge in [0.05, 0.1) is 23.2 Å². The number of thiophene rings is 1. The molecule has 2 aromatic rings. The maximum absolute atomic E-state index is 12.6. The van der Waals surface area contributed by atoms with Gasteiger partial charge in [-0.2, -0.15) is 0 Å². The SMILES string of the molecule is CCN(Cc1cccs1)C(=O)N[C@@H]1CCS(=O)(=O)c2ccccc21. The maximum atomic E-state index is 12.6. The molecule has 3 rings (SSSR count). The molecule has 24 heavy (non-hydrogen) atoms. The van der Waals surface area contributed by atoms with E-state index in [1.807, 2.05) is 30.5 Å². The van der Waals surface area contributed by atoms with Crippen LogP contribution in [0.5, 0.6) is 0 Å².